The highest BCUT2D eigenvalue weighted by molar-refractivity contribution is 5.80. The van der Waals surface area contributed by atoms with E-state index in [0.29, 0.717) is 6.04 Å². The number of rotatable bonds is 3. The highest BCUT2D eigenvalue weighted by Crippen LogP contribution is 2.17. The van der Waals surface area contributed by atoms with Crippen molar-refractivity contribution in [2.45, 2.75) is 45.2 Å². The van der Waals surface area contributed by atoms with Gasteiger partial charge in [-0.3, -0.25) is 4.99 Å². The number of aliphatic imine (C=N–C) groups is 1. The molecule has 0 atom stereocenters. The van der Waals surface area contributed by atoms with Crippen LogP contribution in [0.4, 0.5) is 0 Å². The molecule has 18 heavy (non-hydrogen) atoms. The van der Waals surface area contributed by atoms with Crippen LogP contribution >= 0.6 is 0 Å². The average molecular weight is 245 g/mol. The van der Waals surface area contributed by atoms with Crippen molar-refractivity contribution in [3.63, 3.8) is 0 Å². The SMILES string of the molecule is CN=C(NCc1ccccc1C)NC1CCCC1. The molecule has 0 saturated heterocycles. The summed E-state index contributed by atoms with van der Waals surface area (Å²) in [5, 5.41) is 6.89. The first kappa shape index (κ1) is 12.9. The van der Waals surface area contributed by atoms with E-state index in [1.807, 2.05) is 7.05 Å². The second kappa shape index (κ2) is 6.43. The van der Waals surface area contributed by atoms with E-state index in [2.05, 4.69) is 46.8 Å². The minimum Gasteiger partial charge on any atom is -0.354 e. The van der Waals surface area contributed by atoms with Crippen molar-refractivity contribution in [2.75, 3.05) is 7.05 Å². The second-order valence-electron chi connectivity index (χ2n) is 4.98. The fourth-order valence-electron chi connectivity index (χ4n) is 2.45. The van der Waals surface area contributed by atoms with Crippen LogP contribution in [0.25, 0.3) is 0 Å². The van der Waals surface area contributed by atoms with E-state index in [1.165, 1.54) is 36.8 Å². The number of guanidine groups is 1. The fourth-order valence-corrected chi connectivity index (χ4v) is 2.45. The quantitative estimate of drug-likeness (QED) is 0.634. The van der Waals surface area contributed by atoms with Crippen LogP contribution in [0.1, 0.15) is 36.8 Å². The van der Waals surface area contributed by atoms with Gasteiger partial charge in [-0.15, -0.1) is 0 Å². The third-order valence-corrected chi connectivity index (χ3v) is 3.63. The Morgan fingerprint density at radius 1 is 1.28 bits per heavy atom. The zero-order valence-electron chi connectivity index (χ0n) is 11.4. The molecule has 1 saturated carbocycles. The molecule has 0 unspecified atom stereocenters. The van der Waals surface area contributed by atoms with Gasteiger partial charge in [-0.25, -0.2) is 0 Å². The van der Waals surface area contributed by atoms with Crippen LogP contribution in [0.3, 0.4) is 0 Å². The lowest BCUT2D eigenvalue weighted by atomic mass is 10.1. The molecule has 0 radical (unpaired) electrons. The molecule has 1 aliphatic rings. The van der Waals surface area contributed by atoms with Crippen LogP contribution in [-0.4, -0.2) is 19.0 Å². The van der Waals surface area contributed by atoms with Crippen molar-refractivity contribution in [2.24, 2.45) is 4.99 Å². The van der Waals surface area contributed by atoms with E-state index >= 15 is 0 Å². The van der Waals surface area contributed by atoms with E-state index in [-0.39, 0.29) is 0 Å². The molecule has 1 aromatic carbocycles. The van der Waals surface area contributed by atoms with Gasteiger partial charge in [0.1, 0.15) is 0 Å². The Morgan fingerprint density at radius 2 is 2.00 bits per heavy atom. The van der Waals surface area contributed by atoms with Gasteiger partial charge in [0.2, 0.25) is 0 Å². The maximum atomic E-state index is 4.29. The summed E-state index contributed by atoms with van der Waals surface area (Å²) in [4.78, 5) is 4.29. The van der Waals surface area contributed by atoms with E-state index in [0.717, 1.165) is 12.5 Å². The Morgan fingerprint density at radius 3 is 2.67 bits per heavy atom. The van der Waals surface area contributed by atoms with Crippen LogP contribution in [0.5, 0.6) is 0 Å². The van der Waals surface area contributed by atoms with Gasteiger partial charge < -0.3 is 10.6 Å². The van der Waals surface area contributed by atoms with Crippen LogP contribution in [0.2, 0.25) is 0 Å². The normalized spacial score (nSPS) is 16.9. The minimum absolute atomic E-state index is 0.605. The summed E-state index contributed by atoms with van der Waals surface area (Å²) in [6, 6.07) is 9.06. The average Bonchev–Trinajstić information content (AvgIpc) is 2.89. The van der Waals surface area contributed by atoms with Gasteiger partial charge in [0, 0.05) is 19.6 Å². The van der Waals surface area contributed by atoms with Gasteiger partial charge >= 0.3 is 0 Å². The Hall–Kier alpha value is -1.51. The van der Waals surface area contributed by atoms with Crippen LogP contribution in [-0.2, 0) is 6.54 Å². The van der Waals surface area contributed by atoms with Crippen molar-refractivity contribution in [1.82, 2.24) is 10.6 Å². The Balaban J connectivity index is 1.85. The van der Waals surface area contributed by atoms with Crippen LogP contribution in [0.15, 0.2) is 29.3 Å². The molecule has 3 nitrogen and oxygen atoms in total. The number of hydrogen-bond donors (Lipinski definition) is 2. The van der Waals surface area contributed by atoms with Crippen molar-refractivity contribution in [3.8, 4) is 0 Å². The molecule has 2 rings (SSSR count). The molecule has 1 fully saturated rings. The molecule has 0 spiro atoms. The molecule has 3 heteroatoms. The topological polar surface area (TPSA) is 36.4 Å². The van der Waals surface area contributed by atoms with Gasteiger partial charge in [-0.05, 0) is 30.9 Å². The summed E-state index contributed by atoms with van der Waals surface area (Å²) in [5.41, 5.74) is 2.65. The van der Waals surface area contributed by atoms with Crippen molar-refractivity contribution >= 4 is 5.96 Å². The summed E-state index contributed by atoms with van der Waals surface area (Å²) in [5.74, 6) is 0.921. The second-order valence-corrected chi connectivity index (χ2v) is 4.98. The molecule has 1 aliphatic carbocycles. The highest BCUT2D eigenvalue weighted by atomic mass is 15.2. The third-order valence-electron chi connectivity index (χ3n) is 3.63. The van der Waals surface area contributed by atoms with E-state index in [4.69, 9.17) is 0 Å². The third kappa shape index (κ3) is 3.49. The fraction of sp³-hybridized carbons (Fsp3) is 0.533. The molecule has 0 amide bonds. The molecule has 0 bridgehead atoms. The predicted molar refractivity (Wildman–Crippen MR) is 76.8 cm³/mol. The number of nitrogens with one attached hydrogen (secondary N) is 2. The van der Waals surface area contributed by atoms with Gasteiger partial charge in [-0.2, -0.15) is 0 Å². The predicted octanol–water partition coefficient (Wildman–Crippen LogP) is 2.60. The van der Waals surface area contributed by atoms with Crippen molar-refractivity contribution in [1.29, 1.82) is 0 Å². The molecular formula is C15H23N3. The number of nitrogens with zero attached hydrogens (tertiary/aromatic N) is 1. The standard InChI is InChI=1S/C15H23N3/c1-12-7-3-4-8-13(12)11-17-15(16-2)18-14-9-5-6-10-14/h3-4,7-8,14H,5-6,9-11H2,1-2H3,(H2,16,17,18). The summed E-state index contributed by atoms with van der Waals surface area (Å²) in [7, 11) is 1.84. The molecule has 2 N–H and O–H groups in total. The van der Waals surface area contributed by atoms with E-state index in [9.17, 15) is 0 Å². The Bertz CT molecular complexity index is 406. The van der Waals surface area contributed by atoms with Gasteiger partial charge in [0.25, 0.3) is 0 Å². The number of benzene rings is 1. The lowest BCUT2D eigenvalue weighted by Crippen LogP contribution is -2.42. The first-order valence-corrected chi connectivity index (χ1v) is 6.81. The Kier molecular flexibility index (Phi) is 4.62. The maximum Gasteiger partial charge on any atom is 0.191 e. The van der Waals surface area contributed by atoms with E-state index in [1.54, 1.807) is 0 Å². The zero-order valence-corrected chi connectivity index (χ0v) is 11.4. The first-order valence-electron chi connectivity index (χ1n) is 6.81. The maximum absolute atomic E-state index is 4.29. The largest absolute Gasteiger partial charge is 0.354 e. The summed E-state index contributed by atoms with van der Waals surface area (Å²) in [6.45, 7) is 2.98. The van der Waals surface area contributed by atoms with Gasteiger partial charge in [-0.1, -0.05) is 37.1 Å². The monoisotopic (exact) mass is 245 g/mol. The molecule has 0 aliphatic heterocycles. The first-order chi connectivity index (χ1) is 8.79. The van der Waals surface area contributed by atoms with Crippen LogP contribution < -0.4 is 10.6 Å². The molecule has 0 aromatic heterocycles. The molecule has 98 valence electrons. The van der Waals surface area contributed by atoms with Crippen molar-refractivity contribution in [3.05, 3.63) is 35.4 Å². The minimum atomic E-state index is 0.605. The molecular weight excluding hydrogens is 222 g/mol. The van der Waals surface area contributed by atoms with Crippen molar-refractivity contribution < 1.29 is 0 Å². The van der Waals surface area contributed by atoms with E-state index < -0.39 is 0 Å². The van der Waals surface area contributed by atoms with Gasteiger partial charge in [0.15, 0.2) is 5.96 Å². The lowest BCUT2D eigenvalue weighted by Gasteiger charge is -2.17. The summed E-state index contributed by atoms with van der Waals surface area (Å²) < 4.78 is 0. The van der Waals surface area contributed by atoms with Crippen LogP contribution in [0, 0.1) is 6.92 Å². The highest BCUT2D eigenvalue weighted by Gasteiger charge is 2.15. The Labute approximate surface area is 110 Å². The number of hydrogen-bond acceptors (Lipinski definition) is 1. The number of aryl methyl sites for hydroxylation is 1. The molecule has 0 heterocycles. The zero-order chi connectivity index (χ0) is 12.8. The smallest absolute Gasteiger partial charge is 0.191 e. The summed E-state index contributed by atoms with van der Waals surface area (Å²) >= 11 is 0. The van der Waals surface area contributed by atoms with Gasteiger partial charge in [0.05, 0.1) is 0 Å². The lowest BCUT2D eigenvalue weighted by molar-refractivity contribution is 0.613. The summed E-state index contributed by atoms with van der Waals surface area (Å²) in [6.07, 6.45) is 5.22. The molecule has 1 aromatic rings.